The standard InChI is InChI=1S/C14H25NO4S/c1-9(2)7-15(10(3)4)20(17,18)14-12(6)19-11(5)13(14)8-16/h9-10,16H,7-8H2,1-6H3. The number of aliphatic hydroxyl groups excluding tert-OH is 1. The molecule has 1 rings (SSSR count). The molecule has 6 heteroatoms. The van der Waals surface area contributed by atoms with Crippen LogP contribution in [0.15, 0.2) is 9.31 Å². The summed E-state index contributed by atoms with van der Waals surface area (Å²) in [4.78, 5) is 0.117. The van der Waals surface area contributed by atoms with E-state index in [0.717, 1.165) is 0 Å². The lowest BCUT2D eigenvalue weighted by Gasteiger charge is -2.27. The first-order valence-electron chi connectivity index (χ1n) is 6.84. The van der Waals surface area contributed by atoms with Gasteiger partial charge in [-0.15, -0.1) is 0 Å². The number of sulfonamides is 1. The van der Waals surface area contributed by atoms with Crippen molar-refractivity contribution in [3.63, 3.8) is 0 Å². The van der Waals surface area contributed by atoms with E-state index in [9.17, 15) is 13.5 Å². The summed E-state index contributed by atoms with van der Waals surface area (Å²) in [5.74, 6) is 1.01. The second-order valence-electron chi connectivity index (χ2n) is 5.74. The van der Waals surface area contributed by atoms with Crippen LogP contribution in [-0.2, 0) is 16.6 Å². The third-order valence-electron chi connectivity index (χ3n) is 3.17. The zero-order chi connectivity index (χ0) is 15.7. The molecule has 0 saturated carbocycles. The summed E-state index contributed by atoms with van der Waals surface area (Å²) >= 11 is 0. The Balaban J connectivity index is 3.41. The van der Waals surface area contributed by atoms with Crippen molar-refractivity contribution >= 4 is 10.0 Å². The molecule has 0 saturated heterocycles. The number of aryl methyl sites for hydroxylation is 2. The van der Waals surface area contributed by atoms with E-state index in [4.69, 9.17) is 4.42 Å². The second-order valence-corrected chi connectivity index (χ2v) is 7.57. The molecule has 1 aromatic heterocycles. The maximum Gasteiger partial charge on any atom is 0.247 e. The third kappa shape index (κ3) is 3.24. The number of nitrogens with zero attached hydrogens (tertiary/aromatic N) is 1. The van der Waals surface area contributed by atoms with Gasteiger partial charge in [-0.2, -0.15) is 4.31 Å². The predicted molar refractivity (Wildman–Crippen MR) is 78.0 cm³/mol. The summed E-state index contributed by atoms with van der Waals surface area (Å²) in [5.41, 5.74) is 0.358. The molecule has 0 atom stereocenters. The van der Waals surface area contributed by atoms with Crippen molar-refractivity contribution in [3.05, 3.63) is 17.1 Å². The molecule has 1 heterocycles. The fourth-order valence-electron chi connectivity index (χ4n) is 2.29. The largest absolute Gasteiger partial charge is 0.465 e. The van der Waals surface area contributed by atoms with Gasteiger partial charge in [0, 0.05) is 18.2 Å². The molecule has 1 N–H and O–H groups in total. The van der Waals surface area contributed by atoms with Crippen LogP contribution in [0.4, 0.5) is 0 Å². The van der Waals surface area contributed by atoms with Gasteiger partial charge in [0.25, 0.3) is 0 Å². The molecule has 116 valence electrons. The lowest BCUT2D eigenvalue weighted by molar-refractivity contribution is 0.275. The minimum absolute atomic E-state index is 0.117. The maximum absolute atomic E-state index is 12.9. The first kappa shape index (κ1) is 17.2. The molecular weight excluding hydrogens is 278 g/mol. The number of furan rings is 1. The van der Waals surface area contributed by atoms with E-state index in [0.29, 0.717) is 23.6 Å². The Hall–Kier alpha value is -0.850. The minimum atomic E-state index is -3.67. The van der Waals surface area contributed by atoms with Gasteiger partial charge >= 0.3 is 0 Å². The fraction of sp³-hybridized carbons (Fsp3) is 0.714. The molecule has 0 aliphatic rings. The van der Waals surface area contributed by atoms with Crippen LogP contribution in [0, 0.1) is 19.8 Å². The van der Waals surface area contributed by atoms with Crippen molar-refractivity contribution in [2.24, 2.45) is 5.92 Å². The lowest BCUT2D eigenvalue weighted by Crippen LogP contribution is -2.39. The van der Waals surface area contributed by atoms with Gasteiger partial charge in [0.1, 0.15) is 16.4 Å². The van der Waals surface area contributed by atoms with E-state index in [1.165, 1.54) is 4.31 Å². The fourth-order valence-corrected chi connectivity index (χ4v) is 4.50. The highest BCUT2D eigenvalue weighted by molar-refractivity contribution is 7.89. The van der Waals surface area contributed by atoms with Crippen molar-refractivity contribution in [1.29, 1.82) is 0 Å². The van der Waals surface area contributed by atoms with E-state index >= 15 is 0 Å². The van der Waals surface area contributed by atoms with Crippen molar-refractivity contribution in [2.45, 2.75) is 59.1 Å². The molecule has 0 aliphatic heterocycles. The summed E-state index contributed by atoms with van der Waals surface area (Å²) in [6.07, 6.45) is 0. The molecule has 0 aliphatic carbocycles. The average molecular weight is 303 g/mol. The van der Waals surface area contributed by atoms with Crippen LogP contribution in [0.3, 0.4) is 0 Å². The van der Waals surface area contributed by atoms with E-state index in [-0.39, 0.29) is 23.5 Å². The van der Waals surface area contributed by atoms with Crippen LogP contribution >= 0.6 is 0 Å². The van der Waals surface area contributed by atoms with Crippen LogP contribution in [0.5, 0.6) is 0 Å². The van der Waals surface area contributed by atoms with Gasteiger partial charge in [-0.05, 0) is 33.6 Å². The van der Waals surface area contributed by atoms with E-state index in [1.54, 1.807) is 13.8 Å². The van der Waals surface area contributed by atoms with Gasteiger partial charge in [-0.3, -0.25) is 0 Å². The van der Waals surface area contributed by atoms with E-state index in [2.05, 4.69) is 0 Å². The van der Waals surface area contributed by atoms with E-state index < -0.39 is 10.0 Å². The monoisotopic (exact) mass is 303 g/mol. The summed E-state index contributed by atoms with van der Waals surface area (Å²) in [7, 11) is -3.67. The summed E-state index contributed by atoms with van der Waals surface area (Å²) in [6.45, 7) is 11.0. The van der Waals surface area contributed by atoms with Crippen LogP contribution in [0.2, 0.25) is 0 Å². The molecule has 0 aromatic carbocycles. The topological polar surface area (TPSA) is 70.8 Å². The first-order chi connectivity index (χ1) is 9.12. The molecule has 20 heavy (non-hydrogen) atoms. The van der Waals surface area contributed by atoms with Crippen molar-refractivity contribution in [3.8, 4) is 0 Å². The second kappa shape index (κ2) is 6.28. The Labute approximate surface area is 121 Å². The number of aliphatic hydroxyl groups is 1. The Bertz CT molecular complexity index is 558. The van der Waals surface area contributed by atoms with E-state index in [1.807, 2.05) is 27.7 Å². The van der Waals surface area contributed by atoms with Crippen molar-refractivity contribution in [2.75, 3.05) is 6.54 Å². The zero-order valence-electron chi connectivity index (χ0n) is 13.1. The van der Waals surface area contributed by atoms with Gasteiger partial charge in [-0.1, -0.05) is 13.8 Å². The number of rotatable bonds is 6. The summed E-state index contributed by atoms with van der Waals surface area (Å²) < 4.78 is 32.6. The van der Waals surface area contributed by atoms with Crippen molar-refractivity contribution in [1.82, 2.24) is 4.31 Å². The van der Waals surface area contributed by atoms with Crippen LogP contribution in [-0.4, -0.2) is 30.4 Å². The first-order valence-corrected chi connectivity index (χ1v) is 8.28. The summed E-state index contributed by atoms with van der Waals surface area (Å²) in [5, 5.41) is 9.44. The van der Waals surface area contributed by atoms with Crippen LogP contribution in [0.25, 0.3) is 0 Å². The highest BCUT2D eigenvalue weighted by atomic mass is 32.2. The molecule has 0 radical (unpaired) electrons. The maximum atomic E-state index is 12.9. The van der Waals surface area contributed by atoms with Crippen LogP contribution in [0.1, 0.15) is 44.8 Å². The van der Waals surface area contributed by atoms with Gasteiger partial charge in [0.2, 0.25) is 10.0 Å². The van der Waals surface area contributed by atoms with Crippen LogP contribution < -0.4 is 0 Å². The van der Waals surface area contributed by atoms with Gasteiger partial charge < -0.3 is 9.52 Å². The molecule has 5 nitrogen and oxygen atoms in total. The smallest absolute Gasteiger partial charge is 0.247 e. The highest BCUT2D eigenvalue weighted by Gasteiger charge is 2.33. The quantitative estimate of drug-likeness (QED) is 0.876. The number of hydrogen-bond donors (Lipinski definition) is 1. The minimum Gasteiger partial charge on any atom is -0.465 e. The molecule has 0 bridgehead atoms. The molecular formula is C14H25NO4S. The molecule has 0 unspecified atom stereocenters. The van der Waals surface area contributed by atoms with Gasteiger partial charge in [0.05, 0.1) is 6.61 Å². The molecule has 0 fully saturated rings. The Kier molecular flexibility index (Phi) is 5.40. The average Bonchev–Trinajstić information content (AvgIpc) is 2.60. The number of hydrogen-bond acceptors (Lipinski definition) is 4. The van der Waals surface area contributed by atoms with Gasteiger partial charge in [0.15, 0.2) is 0 Å². The van der Waals surface area contributed by atoms with Crippen molar-refractivity contribution < 1.29 is 17.9 Å². The zero-order valence-corrected chi connectivity index (χ0v) is 13.9. The SMILES string of the molecule is Cc1oc(C)c(S(=O)(=O)N(CC(C)C)C(C)C)c1CO. The highest BCUT2D eigenvalue weighted by Crippen LogP contribution is 2.30. The third-order valence-corrected chi connectivity index (χ3v) is 5.41. The summed E-state index contributed by atoms with van der Waals surface area (Å²) in [6, 6.07) is -0.149. The lowest BCUT2D eigenvalue weighted by atomic mass is 10.2. The molecule has 1 aromatic rings. The molecule has 0 amide bonds. The Morgan fingerprint density at radius 2 is 1.70 bits per heavy atom. The Morgan fingerprint density at radius 1 is 1.15 bits per heavy atom. The Morgan fingerprint density at radius 3 is 2.10 bits per heavy atom. The molecule has 0 spiro atoms. The van der Waals surface area contributed by atoms with Gasteiger partial charge in [-0.25, -0.2) is 8.42 Å². The normalized spacial score (nSPS) is 12.9. The predicted octanol–water partition coefficient (Wildman–Crippen LogP) is 2.44.